The van der Waals surface area contributed by atoms with Crippen LogP contribution in [0.15, 0.2) is 77.4 Å². The van der Waals surface area contributed by atoms with E-state index < -0.39 is 10.9 Å². The summed E-state index contributed by atoms with van der Waals surface area (Å²) < 4.78 is 11.0. The molecule has 0 atom stereocenters. The SMILES string of the molecule is Cc1c(C2=N/C(=C\c3ccc(OCc4cccc(Cl)c4)cc3)C(=O)O2)cccc1[N+](=O)[O-]. The van der Waals surface area contributed by atoms with E-state index in [4.69, 9.17) is 21.1 Å². The lowest BCUT2D eigenvalue weighted by atomic mass is 10.1. The van der Waals surface area contributed by atoms with Crippen LogP contribution in [-0.4, -0.2) is 16.8 Å². The lowest BCUT2D eigenvalue weighted by Gasteiger charge is -2.07. The summed E-state index contributed by atoms with van der Waals surface area (Å²) in [6.45, 7) is 1.97. The number of benzene rings is 3. The van der Waals surface area contributed by atoms with Crippen LogP contribution in [0.5, 0.6) is 5.75 Å². The molecule has 0 aromatic heterocycles. The van der Waals surface area contributed by atoms with Crippen molar-refractivity contribution in [3.05, 3.63) is 110 Å². The highest BCUT2D eigenvalue weighted by Gasteiger charge is 2.27. The number of carbonyl (C=O) groups excluding carboxylic acids is 1. The summed E-state index contributed by atoms with van der Waals surface area (Å²) in [6, 6.07) is 19.1. The molecule has 32 heavy (non-hydrogen) atoms. The van der Waals surface area contributed by atoms with E-state index in [1.165, 1.54) is 12.1 Å². The van der Waals surface area contributed by atoms with Crippen molar-refractivity contribution in [1.29, 1.82) is 0 Å². The second-order valence-electron chi connectivity index (χ2n) is 7.03. The Kier molecular flexibility index (Phi) is 6.00. The summed E-state index contributed by atoms with van der Waals surface area (Å²) in [4.78, 5) is 27.2. The van der Waals surface area contributed by atoms with Gasteiger partial charge in [0.25, 0.3) is 5.69 Å². The molecule has 0 fully saturated rings. The molecule has 0 saturated carbocycles. The Hall–Kier alpha value is -3.97. The summed E-state index contributed by atoms with van der Waals surface area (Å²) in [7, 11) is 0. The van der Waals surface area contributed by atoms with Crippen molar-refractivity contribution in [2.45, 2.75) is 13.5 Å². The average molecular weight is 449 g/mol. The van der Waals surface area contributed by atoms with E-state index in [0.717, 1.165) is 11.1 Å². The lowest BCUT2D eigenvalue weighted by Crippen LogP contribution is -2.08. The number of esters is 1. The minimum absolute atomic E-state index is 0.0453. The fourth-order valence-corrected chi connectivity index (χ4v) is 3.40. The van der Waals surface area contributed by atoms with Gasteiger partial charge >= 0.3 is 5.97 Å². The molecular weight excluding hydrogens is 432 g/mol. The van der Waals surface area contributed by atoms with Gasteiger partial charge in [-0.15, -0.1) is 0 Å². The van der Waals surface area contributed by atoms with Crippen molar-refractivity contribution >= 4 is 35.2 Å². The smallest absolute Gasteiger partial charge is 0.363 e. The molecular formula is C24H17ClN2O5. The molecule has 0 N–H and O–H groups in total. The Morgan fingerprint density at radius 3 is 2.59 bits per heavy atom. The third-order valence-electron chi connectivity index (χ3n) is 4.83. The Balaban J connectivity index is 1.50. The summed E-state index contributed by atoms with van der Waals surface area (Å²) in [5, 5.41) is 11.8. The highest BCUT2D eigenvalue weighted by molar-refractivity contribution is 6.30. The number of aliphatic imine (C=N–C) groups is 1. The number of halogens is 1. The van der Waals surface area contributed by atoms with Gasteiger partial charge in [0.2, 0.25) is 5.90 Å². The number of nitro benzene ring substituents is 1. The molecule has 0 amide bonds. The van der Waals surface area contributed by atoms with Crippen molar-refractivity contribution in [2.75, 3.05) is 0 Å². The number of nitro groups is 1. The number of hydrogen-bond acceptors (Lipinski definition) is 6. The Morgan fingerprint density at radius 2 is 1.88 bits per heavy atom. The molecule has 3 aromatic rings. The zero-order chi connectivity index (χ0) is 22.7. The van der Waals surface area contributed by atoms with Crippen LogP contribution in [-0.2, 0) is 16.1 Å². The summed E-state index contributed by atoms with van der Waals surface area (Å²) in [5.74, 6) is 0.0913. The van der Waals surface area contributed by atoms with Gasteiger partial charge in [-0.1, -0.05) is 41.9 Å². The maximum Gasteiger partial charge on any atom is 0.363 e. The van der Waals surface area contributed by atoms with Gasteiger partial charge in [0, 0.05) is 22.2 Å². The standard InChI is InChI=1S/C24H17ClN2O5/c1-15-20(6-3-7-22(15)27(29)30)23-26-21(24(28)32-23)13-16-8-10-19(11-9-16)31-14-17-4-2-5-18(25)12-17/h2-13H,14H2,1H3/b21-13-. The number of rotatable bonds is 6. The molecule has 160 valence electrons. The van der Waals surface area contributed by atoms with Gasteiger partial charge in [-0.3, -0.25) is 10.1 Å². The van der Waals surface area contributed by atoms with Gasteiger partial charge in [0.1, 0.15) is 12.4 Å². The number of cyclic esters (lactones) is 1. The van der Waals surface area contributed by atoms with Crippen LogP contribution >= 0.6 is 11.6 Å². The zero-order valence-electron chi connectivity index (χ0n) is 16.9. The van der Waals surface area contributed by atoms with Gasteiger partial charge in [-0.25, -0.2) is 9.79 Å². The third-order valence-corrected chi connectivity index (χ3v) is 5.07. The first-order valence-electron chi connectivity index (χ1n) is 9.65. The van der Waals surface area contributed by atoms with E-state index in [9.17, 15) is 14.9 Å². The Morgan fingerprint density at radius 1 is 1.12 bits per heavy atom. The molecule has 0 bridgehead atoms. The predicted molar refractivity (Wildman–Crippen MR) is 121 cm³/mol. The molecule has 4 rings (SSSR count). The first-order valence-corrected chi connectivity index (χ1v) is 10.0. The molecule has 0 unspecified atom stereocenters. The number of carbonyl (C=O) groups is 1. The van der Waals surface area contributed by atoms with Crippen LogP contribution in [0.25, 0.3) is 6.08 Å². The number of ether oxygens (including phenoxy) is 2. The molecule has 1 aliphatic rings. The molecule has 0 saturated heterocycles. The normalized spacial score (nSPS) is 14.2. The predicted octanol–water partition coefficient (Wildman–Crippen LogP) is 5.48. The fourth-order valence-electron chi connectivity index (χ4n) is 3.19. The monoisotopic (exact) mass is 448 g/mol. The minimum Gasteiger partial charge on any atom is -0.489 e. The highest BCUT2D eigenvalue weighted by atomic mass is 35.5. The van der Waals surface area contributed by atoms with Gasteiger partial charge in [-0.2, -0.15) is 0 Å². The van der Waals surface area contributed by atoms with Crippen molar-refractivity contribution < 1.29 is 19.2 Å². The van der Waals surface area contributed by atoms with Gasteiger partial charge in [0.05, 0.1) is 4.92 Å². The third kappa shape index (κ3) is 4.68. The molecule has 8 heteroatoms. The van der Waals surface area contributed by atoms with Crippen LogP contribution in [0, 0.1) is 17.0 Å². The topological polar surface area (TPSA) is 91.0 Å². The van der Waals surface area contributed by atoms with Gasteiger partial charge < -0.3 is 9.47 Å². The maximum atomic E-state index is 12.3. The zero-order valence-corrected chi connectivity index (χ0v) is 17.7. The molecule has 0 spiro atoms. The van der Waals surface area contributed by atoms with E-state index >= 15 is 0 Å². The second-order valence-corrected chi connectivity index (χ2v) is 7.47. The first-order chi connectivity index (χ1) is 15.4. The van der Waals surface area contributed by atoms with Gasteiger partial charge in [-0.05, 0) is 54.5 Å². The molecule has 0 aliphatic carbocycles. The van der Waals surface area contributed by atoms with Gasteiger partial charge in [0.15, 0.2) is 5.70 Å². The maximum absolute atomic E-state index is 12.3. The van der Waals surface area contributed by atoms with E-state index in [1.807, 2.05) is 18.2 Å². The largest absolute Gasteiger partial charge is 0.489 e. The van der Waals surface area contributed by atoms with E-state index in [-0.39, 0.29) is 17.3 Å². The number of hydrogen-bond donors (Lipinski definition) is 0. The van der Waals surface area contributed by atoms with Crippen LogP contribution < -0.4 is 4.74 Å². The first kappa shape index (κ1) is 21.3. The summed E-state index contributed by atoms with van der Waals surface area (Å²) >= 11 is 5.98. The van der Waals surface area contributed by atoms with Crippen molar-refractivity contribution in [1.82, 2.24) is 0 Å². The Bertz CT molecular complexity index is 1270. The van der Waals surface area contributed by atoms with E-state index in [0.29, 0.717) is 28.5 Å². The van der Waals surface area contributed by atoms with Crippen molar-refractivity contribution in [2.24, 2.45) is 4.99 Å². The number of nitrogens with zero attached hydrogens (tertiary/aromatic N) is 2. The van der Waals surface area contributed by atoms with E-state index in [2.05, 4.69) is 4.99 Å². The van der Waals surface area contributed by atoms with Crippen molar-refractivity contribution in [3.63, 3.8) is 0 Å². The average Bonchev–Trinajstić information content (AvgIpc) is 3.13. The second kappa shape index (κ2) is 9.03. The molecule has 3 aromatic carbocycles. The van der Waals surface area contributed by atoms with Crippen LogP contribution in [0.2, 0.25) is 5.02 Å². The summed E-state index contributed by atoms with van der Waals surface area (Å²) in [6.07, 6.45) is 1.59. The molecule has 1 aliphatic heterocycles. The van der Waals surface area contributed by atoms with Crippen LogP contribution in [0.1, 0.15) is 22.3 Å². The Labute approximate surface area is 188 Å². The molecule has 0 radical (unpaired) electrons. The minimum atomic E-state index is -0.618. The summed E-state index contributed by atoms with van der Waals surface area (Å²) in [5.41, 5.74) is 2.52. The molecule has 1 heterocycles. The van der Waals surface area contributed by atoms with E-state index in [1.54, 1.807) is 49.4 Å². The quantitative estimate of drug-likeness (QED) is 0.215. The molecule has 7 nitrogen and oxygen atoms in total. The van der Waals surface area contributed by atoms with Crippen LogP contribution in [0.3, 0.4) is 0 Å². The highest BCUT2D eigenvalue weighted by Crippen LogP contribution is 2.26. The van der Waals surface area contributed by atoms with Crippen LogP contribution in [0.4, 0.5) is 5.69 Å². The lowest BCUT2D eigenvalue weighted by molar-refractivity contribution is -0.385. The fraction of sp³-hybridized carbons (Fsp3) is 0.0833. The van der Waals surface area contributed by atoms with Crippen molar-refractivity contribution in [3.8, 4) is 5.75 Å².